The van der Waals surface area contributed by atoms with E-state index in [9.17, 15) is 0 Å². The van der Waals surface area contributed by atoms with Crippen LogP contribution in [0.15, 0.2) is 12.1 Å². The van der Waals surface area contributed by atoms with Crippen LogP contribution in [0, 0.1) is 13.8 Å². The summed E-state index contributed by atoms with van der Waals surface area (Å²) in [6.07, 6.45) is 0.777. The van der Waals surface area contributed by atoms with Gasteiger partial charge in [0.2, 0.25) is 5.75 Å². The van der Waals surface area contributed by atoms with E-state index in [1.165, 1.54) is 4.88 Å². The molecule has 1 heterocycles. The normalized spacial score (nSPS) is 12.1. The Labute approximate surface area is 141 Å². The minimum Gasteiger partial charge on any atom is -0.493 e. The molecule has 0 saturated heterocycles. The minimum absolute atomic E-state index is 0.176. The number of aryl methyl sites for hydroxylation is 2. The molecule has 0 spiro atoms. The number of rotatable bonds is 7. The van der Waals surface area contributed by atoms with E-state index in [-0.39, 0.29) is 5.92 Å². The summed E-state index contributed by atoms with van der Waals surface area (Å²) in [5.74, 6) is 2.09. The zero-order valence-electron chi connectivity index (χ0n) is 14.3. The third-order valence-corrected chi connectivity index (χ3v) is 5.12. The van der Waals surface area contributed by atoms with E-state index in [0.717, 1.165) is 22.7 Å². The number of thiazole rings is 1. The van der Waals surface area contributed by atoms with E-state index in [1.54, 1.807) is 32.7 Å². The molecule has 0 saturated carbocycles. The average Bonchev–Trinajstić information content (AvgIpc) is 2.90. The van der Waals surface area contributed by atoms with Crippen LogP contribution in [0.1, 0.15) is 27.1 Å². The zero-order valence-corrected chi connectivity index (χ0v) is 15.1. The largest absolute Gasteiger partial charge is 0.493 e. The molecule has 1 aromatic heterocycles. The van der Waals surface area contributed by atoms with Gasteiger partial charge in [-0.3, -0.25) is 0 Å². The van der Waals surface area contributed by atoms with Crippen molar-refractivity contribution < 1.29 is 14.2 Å². The first kappa shape index (κ1) is 17.6. The molecule has 23 heavy (non-hydrogen) atoms. The minimum atomic E-state index is 0.176. The zero-order chi connectivity index (χ0) is 17.0. The van der Waals surface area contributed by atoms with Crippen LogP contribution in [0.3, 0.4) is 0 Å². The first-order chi connectivity index (χ1) is 11.0. The van der Waals surface area contributed by atoms with Crippen molar-refractivity contribution in [2.45, 2.75) is 26.2 Å². The van der Waals surface area contributed by atoms with Gasteiger partial charge in [0.1, 0.15) is 0 Å². The molecule has 0 fully saturated rings. The van der Waals surface area contributed by atoms with Crippen LogP contribution in [0.5, 0.6) is 17.2 Å². The summed E-state index contributed by atoms with van der Waals surface area (Å²) in [5, 5.41) is 1.08. The highest BCUT2D eigenvalue weighted by Crippen LogP contribution is 2.39. The predicted molar refractivity (Wildman–Crippen MR) is 93.2 cm³/mol. The van der Waals surface area contributed by atoms with Crippen LogP contribution in [-0.2, 0) is 6.42 Å². The second-order valence-electron chi connectivity index (χ2n) is 5.36. The van der Waals surface area contributed by atoms with Gasteiger partial charge < -0.3 is 19.9 Å². The lowest BCUT2D eigenvalue weighted by molar-refractivity contribution is 0.323. The average molecular weight is 336 g/mol. The van der Waals surface area contributed by atoms with E-state index in [4.69, 9.17) is 19.9 Å². The Bertz CT molecular complexity index is 625. The van der Waals surface area contributed by atoms with Gasteiger partial charge in [-0.25, -0.2) is 4.98 Å². The third kappa shape index (κ3) is 3.76. The van der Waals surface area contributed by atoms with Crippen LogP contribution >= 0.6 is 11.3 Å². The van der Waals surface area contributed by atoms with Gasteiger partial charge in [0.15, 0.2) is 11.5 Å². The van der Waals surface area contributed by atoms with Crippen LogP contribution < -0.4 is 19.9 Å². The molecule has 2 aromatic rings. The van der Waals surface area contributed by atoms with E-state index in [1.807, 2.05) is 19.1 Å². The molecule has 1 unspecified atom stereocenters. The van der Waals surface area contributed by atoms with Crippen molar-refractivity contribution in [3.63, 3.8) is 0 Å². The second kappa shape index (κ2) is 7.66. The van der Waals surface area contributed by atoms with Gasteiger partial charge in [-0.2, -0.15) is 0 Å². The second-order valence-corrected chi connectivity index (χ2v) is 6.60. The highest BCUT2D eigenvalue weighted by molar-refractivity contribution is 7.11. The number of hydrogen-bond acceptors (Lipinski definition) is 6. The van der Waals surface area contributed by atoms with Crippen LogP contribution in [-0.4, -0.2) is 32.9 Å². The summed E-state index contributed by atoms with van der Waals surface area (Å²) in [4.78, 5) is 5.89. The molecule has 0 aliphatic heterocycles. The summed E-state index contributed by atoms with van der Waals surface area (Å²) >= 11 is 1.72. The fraction of sp³-hybridized carbons (Fsp3) is 0.471. The number of nitrogens with zero attached hydrogens (tertiary/aromatic N) is 1. The summed E-state index contributed by atoms with van der Waals surface area (Å²) in [6, 6.07) is 3.94. The summed E-state index contributed by atoms with van der Waals surface area (Å²) in [6.45, 7) is 4.66. The number of ether oxygens (including phenoxy) is 3. The number of nitrogens with two attached hydrogens (primary N) is 1. The standard InChI is InChI=1S/C17H24N2O3S/c1-10-11(2)23-17(19-10)13(9-18)6-12-7-14(20-3)16(22-5)15(8-12)21-4/h7-8,13H,6,9,18H2,1-5H3. The molecular formula is C17H24N2O3S. The quantitative estimate of drug-likeness (QED) is 0.842. The van der Waals surface area contributed by atoms with Gasteiger partial charge in [0.25, 0.3) is 0 Å². The maximum atomic E-state index is 5.99. The van der Waals surface area contributed by atoms with Gasteiger partial charge in [-0.15, -0.1) is 11.3 Å². The first-order valence-electron chi connectivity index (χ1n) is 7.46. The van der Waals surface area contributed by atoms with Gasteiger partial charge in [0, 0.05) is 17.3 Å². The number of hydrogen-bond donors (Lipinski definition) is 1. The van der Waals surface area contributed by atoms with Crippen LogP contribution in [0.2, 0.25) is 0 Å². The lowest BCUT2D eigenvalue weighted by Crippen LogP contribution is -2.15. The van der Waals surface area contributed by atoms with Crippen molar-refractivity contribution in [3.05, 3.63) is 33.3 Å². The van der Waals surface area contributed by atoms with Gasteiger partial charge in [0.05, 0.1) is 32.0 Å². The fourth-order valence-corrected chi connectivity index (χ4v) is 3.52. The Morgan fingerprint density at radius 1 is 1.09 bits per heavy atom. The monoisotopic (exact) mass is 336 g/mol. The SMILES string of the molecule is COc1cc(CC(CN)c2nc(C)c(C)s2)cc(OC)c1OC. The Hall–Kier alpha value is -1.79. The maximum absolute atomic E-state index is 5.99. The fourth-order valence-electron chi connectivity index (χ4n) is 2.48. The molecule has 1 atom stereocenters. The van der Waals surface area contributed by atoms with Crippen molar-refractivity contribution in [3.8, 4) is 17.2 Å². The van der Waals surface area contributed by atoms with E-state index < -0.39 is 0 Å². The number of aromatic nitrogens is 1. The molecule has 5 nitrogen and oxygen atoms in total. The lowest BCUT2D eigenvalue weighted by Gasteiger charge is -2.16. The molecule has 126 valence electrons. The Morgan fingerprint density at radius 3 is 2.09 bits per heavy atom. The number of benzene rings is 1. The third-order valence-electron chi connectivity index (χ3n) is 3.89. The molecular weight excluding hydrogens is 312 g/mol. The lowest BCUT2D eigenvalue weighted by atomic mass is 9.99. The summed E-state index contributed by atoms with van der Waals surface area (Å²) in [7, 11) is 4.84. The van der Waals surface area contributed by atoms with Crippen LogP contribution in [0.4, 0.5) is 0 Å². The molecule has 2 N–H and O–H groups in total. The molecule has 0 amide bonds. The molecule has 0 aliphatic carbocycles. The Balaban J connectivity index is 2.33. The smallest absolute Gasteiger partial charge is 0.203 e. The Kier molecular flexibility index (Phi) is 5.85. The van der Waals surface area contributed by atoms with Crippen molar-refractivity contribution in [2.24, 2.45) is 5.73 Å². The summed E-state index contributed by atoms with van der Waals surface area (Å²) in [5.41, 5.74) is 8.15. The molecule has 0 bridgehead atoms. The first-order valence-corrected chi connectivity index (χ1v) is 8.28. The maximum Gasteiger partial charge on any atom is 0.203 e. The van der Waals surface area contributed by atoms with E-state index in [2.05, 4.69) is 11.9 Å². The van der Waals surface area contributed by atoms with Gasteiger partial charge in [-0.05, 0) is 38.0 Å². The summed E-state index contributed by atoms with van der Waals surface area (Å²) < 4.78 is 16.2. The molecule has 0 radical (unpaired) electrons. The predicted octanol–water partition coefficient (Wildman–Crippen LogP) is 3.07. The van der Waals surface area contributed by atoms with Crippen molar-refractivity contribution >= 4 is 11.3 Å². The molecule has 6 heteroatoms. The number of methoxy groups -OCH3 is 3. The van der Waals surface area contributed by atoms with Crippen molar-refractivity contribution in [2.75, 3.05) is 27.9 Å². The van der Waals surface area contributed by atoms with Crippen molar-refractivity contribution in [1.82, 2.24) is 4.98 Å². The highest BCUT2D eigenvalue weighted by Gasteiger charge is 2.19. The molecule has 2 rings (SSSR count). The molecule has 0 aliphatic rings. The Morgan fingerprint density at radius 2 is 1.70 bits per heavy atom. The van der Waals surface area contributed by atoms with Gasteiger partial charge >= 0.3 is 0 Å². The van der Waals surface area contributed by atoms with Crippen LogP contribution in [0.25, 0.3) is 0 Å². The van der Waals surface area contributed by atoms with Crippen molar-refractivity contribution in [1.29, 1.82) is 0 Å². The molecule has 1 aromatic carbocycles. The van der Waals surface area contributed by atoms with Gasteiger partial charge in [-0.1, -0.05) is 0 Å². The van der Waals surface area contributed by atoms with E-state index in [0.29, 0.717) is 23.8 Å². The van der Waals surface area contributed by atoms with E-state index >= 15 is 0 Å². The topological polar surface area (TPSA) is 66.6 Å². The highest BCUT2D eigenvalue weighted by atomic mass is 32.1.